The smallest absolute Gasteiger partial charge is 0.251 e. The van der Waals surface area contributed by atoms with Crippen LogP contribution in [0.25, 0.3) is 0 Å². The third-order valence-electron chi connectivity index (χ3n) is 4.00. The van der Waals surface area contributed by atoms with Crippen LogP contribution in [0.1, 0.15) is 42.6 Å². The first-order valence-electron chi connectivity index (χ1n) is 6.73. The van der Waals surface area contributed by atoms with Gasteiger partial charge in [-0.25, -0.2) is 0 Å². The maximum Gasteiger partial charge on any atom is 0.251 e. The number of carbonyl (C=O) groups is 1. The van der Waals surface area contributed by atoms with Gasteiger partial charge in [-0.1, -0.05) is 19.9 Å². The number of amides is 1. The first kappa shape index (κ1) is 15.5. The number of anilines is 1. The molecular weight excluding hydrogens is 240 g/mol. The van der Waals surface area contributed by atoms with Crippen molar-refractivity contribution in [2.45, 2.75) is 33.6 Å². The number of rotatable bonds is 6. The molecule has 1 amide bonds. The molecule has 0 aliphatic heterocycles. The van der Waals surface area contributed by atoms with Crippen LogP contribution in [0.2, 0.25) is 0 Å². The molecule has 4 heteroatoms. The molecule has 19 heavy (non-hydrogen) atoms. The highest BCUT2D eigenvalue weighted by molar-refractivity contribution is 5.95. The van der Waals surface area contributed by atoms with Crippen LogP contribution >= 0.6 is 0 Å². The number of carbonyl (C=O) groups excluding carboxylic acids is 1. The summed E-state index contributed by atoms with van der Waals surface area (Å²) in [6.45, 7) is 6.51. The second-order valence-electron chi connectivity index (χ2n) is 5.12. The van der Waals surface area contributed by atoms with Crippen LogP contribution in [-0.4, -0.2) is 24.2 Å². The monoisotopic (exact) mass is 264 g/mol. The Bertz CT molecular complexity index is 432. The van der Waals surface area contributed by atoms with E-state index in [4.69, 9.17) is 5.73 Å². The van der Waals surface area contributed by atoms with Gasteiger partial charge in [0, 0.05) is 23.2 Å². The molecule has 1 aromatic rings. The lowest BCUT2D eigenvalue weighted by Crippen LogP contribution is -2.39. The molecule has 1 rings (SSSR count). The summed E-state index contributed by atoms with van der Waals surface area (Å²) in [5.41, 5.74) is 7.71. The Labute approximate surface area is 115 Å². The van der Waals surface area contributed by atoms with Crippen LogP contribution < -0.4 is 11.1 Å². The lowest BCUT2D eigenvalue weighted by atomic mass is 9.83. The van der Waals surface area contributed by atoms with Gasteiger partial charge in [-0.15, -0.1) is 0 Å². The average molecular weight is 264 g/mol. The third-order valence-corrected chi connectivity index (χ3v) is 4.00. The number of nitrogens with one attached hydrogen (secondary N) is 1. The number of nitrogens with two attached hydrogens (primary N) is 1. The van der Waals surface area contributed by atoms with Crippen molar-refractivity contribution in [3.63, 3.8) is 0 Å². The van der Waals surface area contributed by atoms with E-state index in [2.05, 4.69) is 5.32 Å². The number of hydrogen-bond donors (Lipinski definition) is 3. The minimum Gasteiger partial charge on any atom is -0.398 e. The lowest BCUT2D eigenvalue weighted by molar-refractivity contribution is 0.0851. The highest BCUT2D eigenvalue weighted by Crippen LogP contribution is 2.24. The molecule has 0 aliphatic rings. The molecule has 0 spiro atoms. The molecule has 0 aliphatic carbocycles. The van der Waals surface area contributed by atoms with Crippen LogP contribution in [0, 0.1) is 12.3 Å². The van der Waals surface area contributed by atoms with Gasteiger partial charge in [0.2, 0.25) is 0 Å². The van der Waals surface area contributed by atoms with Crippen LogP contribution in [0.15, 0.2) is 18.2 Å². The fourth-order valence-corrected chi connectivity index (χ4v) is 1.93. The van der Waals surface area contributed by atoms with Crippen LogP contribution in [-0.2, 0) is 0 Å². The second kappa shape index (κ2) is 6.57. The minimum absolute atomic E-state index is 0.0797. The molecule has 106 valence electrons. The Balaban J connectivity index is 2.72. The summed E-state index contributed by atoms with van der Waals surface area (Å²) in [4.78, 5) is 12.1. The summed E-state index contributed by atoms with van der Waals surface area (Å²) in [5, 5.41) is 12.4. The predicted octanol–water partition coefficient (Wildman–Crippen LogP) is 2.11. The number of aliphatic hydroxyl groups excluding tert-OH is 1. The van der Waals surface area contributed by atoms with Crippen molar-refractivity contribution in [1.29, 1.82) is 0 Å². The standard InChI is InChI=1S/C15H24N2O2/c1-4-15(5-2,10-18)9-17-14(19)12-7-6-11(3)13(16)8-12/h6-8,18H,4-5,9-10,16H2,1-3H3,(H,17,19). The van der Waals surface area contributed by atoms with Crippen molar-refractivity contribution >= 4 is 11.6 Å². The Morgan fingerprint density at radius 2 is 2.00 bits per heavy atom. The molecular formula is C15H24N2O2. The quantitative estimate of drug-likeness (QED) is 0.689. The Hall–Kier alpha value is -1.55. The van der Waals surface area contributed by atoms with Crippen molar-refractivity contribution in [3.05, 3.63) is 29.3 Å². The second-order valence-corrected chi connectivity index (χ2v) is 5.12. The van der Waals surface area contributed by atoms with Crippen molar-refractivity contribution in [3.8, 4) is 0 Å². The van der Waals surface area contributed by atoms with E-state index < -0.39 is 0 Å². The first-order valence-corrected chi connectivity index (χ1v) is 6.73. The van der Waals surface area contributed by atoms with E-state index in [-0.39, 0.29) is 17.9 Å². The molecule has 4 nitrogen and oxygen atoms in total. The number of aryl methyl sites for hydroxylation is 1. The molecule has 0 saturated carbocycles. The van der Waals surface area contributed by atoms with Gasteiger partial charge in [0.25, 0.3) is 5.91 Å². The van der Waals surface area contributed by atoms with E-state index in [1.54, 1.807) is 12.1 Å². The molecule has 0 saturated heterocycles. The zero-order chi connectivity index (χ0) is 14.5. The van der Waals surface area contributed by atoms with Crippen LogP contribution in [0.4, 0.5) is 5.69 Å². The van der Waals surface area contributed by atoms with E-state index in [0.717, 1.165) is 18.4 Å². The summed E-state index contributed by atoms with van der Waals surface area (Å²) < 4.78 is 0. The zero-order valence-electron chi connectivity index (χ0n) is 12.0. The summed E-state index contributed by atoms with van der Waals surface area (Å²) in [5.74, 6) is -0.147. The van der Waals surface area contributed by atoms with Gasteiger partial charge in [-0.3, -0.25) is 4.79 Å². The van der Waals surface area contributed by atoms with E-state index in [0.29, 0.717) is 17.8 Å². The van der Waals surface area contributed by atoms with E-state index in [1.807, 2.05) is 26.8 Å². The molecule has 0 fully saturated rings. The molecule has 0 aromatic heterocycles. The maximum atomic E-state index is 12.1. The van der Waals surface area contributed by atoms with Crippen LogP contribution in [0.5, 0.6) is 0 Å². The van der Waals surface area contributed by atoms with Gasteiger partial charge in [0.1, 0.15) is 0 Å². The summed E-state index contributed by atoms with van der Waals surface area (Å²) in [7, 11) is 0. The van der Waals surface area contributed by atoms with Crippen molar-refractivity contribution in [2.24, 2.45) is 5.41 Å². The van der Waals surface area contributed by atoms with E-state index >= 15 is 0 Å². The minimum atomic E-state index is -0.230. The predicted molar refractivity (Wildman–Crippen MR) is 78.0 cm³/mol. The van der Waals surface area contributed by atoms with Gasteiger partial charge in [0.05, 0.1) is 6.61 Å². The molecule has 1 aromatic carbocycles. The van der Waals surface area contributed by atoms with Gasteiger partial charge in [-0.2, -0.15) is 0 Å². The Morgan fingerprint density at radius 3 is 2.47 bits per heavy atom. The normalized spacial score (nSPS) is 11.4. The van der Waals surface area contributed by atoms with E-state index in [9.17, 15) is 9.90 Å². The van der Waals surface area contributed by atoms with Crippen molar-refractivity contribution in [1.82, 2.24) is 5.32 Å². The highest BCUT2D eigenvalue weighted by atomic mass is 16.3. The molecule has 4 N–H and O–H groups in total. The summed E-state index contributed by atoms with van der Waals surface area (Å²) in [6, 6.07) is 5.28. The Morgan fingerprint density at radius 1 is 1.37 bits per heavy atom. The lowest BCUT2D eigenvalue weighted by Gasteiger charge is -2.29. The largest absolute Gasteiger partial charge is 0.398 e. The summed E-state index contributed by atoms with van der Waals surface area (Å²) in [6.07, 6.45) is 1.66. The first-order chi connectivity index (χ1) is 8.98. The number of hydrogen-bond acceptors (Lipinski definition) is 3. The molecule has 0 atom stereocenters. The SMILES string of the molecule is CCC(CC)(CO)CNC(=O)c1ccc(C)c(N)c1. The number of aliphatic hydroxyl groups is 1. The van der Waals surface area contributed by atoms with Crippen LogP contribution in [0.3, 0.4) is 0 Å². The van der Waals surface area contributed by atoms with Crippen molar-refractivity contribution in [2.75, 3.05) is 18.9 Å². The average Bonchev–Trinajstić information content (AvgIpc) is 2.43. The van der Waals surface area contributed by atoms with Gasteiger partial charge < -0.3 is 16.2 Å². The van der Waals surface area contributed by atoms with Gasteiger partial charge in [-0.05, 0) is 37.5 Å². The van der Waals surface area contributed by atoms with E-state index in [1.165, 1.54) is 0 Å². The van der Waals surface area contributed by atoms with Crippen molar-refractivity contribution < 1.29 is 9.90 Å². The molecule has 0 radical (unpaired) electrons. The maximum absolute atomic E-state index is 12.1. The number of nitrogen functional groups attached to an aromatic ring is 1. The molecule has 0 unspecified atom stereocenters. The topological polar surface area (TPSA) is 75.3 Å². The van der Waals surface area contributed by atoms with Gasteiger partial charge in [0.15, 0.2) is 0 Å². The molecule has 0 heterocycles. The fourth-order valence-electron chi connectivity index (χ4n) is 1.93. The summed E-state index contributed by atoms with van der Waals surface area (Å²) >= 11 is 0. The zero-order valence-corrected chi connectivity index (χ0v) is 12.0. The highest BCUT2D eigenvalue weighted by Gasteiger charge is 2.25. The van der Waals surface area contributed by atoms with Gasteiger partial charge >= 0.3 is 0 Å². The Kier molecular flexibility index (Phi) is 5.36. The fraction of sp³-hybridized carbons (Fsp3) is 0.533. The third kappa shape index (κ3) is 3.70. The number of benzene rings is 1. The molecule has 0 bridgehead atoms.